The first-order chi connectivity index (χ1) is 11.3. The fourth-order valence-corrected chi connectivity index (χ4v) is 4.15. The molecule has 116 valence electrons. The maximum Gasteiger partial charge on any atom is 0.0969 e. The van der Waals surface area contributed by atoms with Gasteiger partial charge in [0, 0.05) is 16.9 Å². The predicted molar refractivity (Wildman–Crippen MR) is 97.9 cm³/mol. The molecule has 1 atom stereocenters. The molecule has 1 heterocycles. The monoisotopic (exact) mass is 319 g/mol. The number of rotatable bonds is 5. The van der Waals surface area contributed by atoms with Crippen LogP contribution in [0.1, 0.15) is 34.9 Å². The molecule has 1 fully saturated rings. The molecule has 1 aromatic heterocycles. The molecule has 2 aromatic carbocycles. The Kier molecular flexibility index (Phi) is 4.00. The first-order valence-corrected chi connectivity index (χ1v) is 9.24. The van der Waals surface area contributed by atoms with Crippen LogP contribution < -0.4 is 0 Å². The number of aromatic nitrogens is 1. The van der Waals surface area contributed by atoms with Crippen molar-refractivity contribution in [1.29, 1.82) is 0 Å². The van der Waals surface area contributed by atoms with E-state index in [0.717, 1.165) is 18.0 Å². The van der Waals surface area contributed by atoms with Crippen LogP contribution in [0.25, 0.3) is 11.3 Å². The maximum absolute atomic E-state index is 4.97. The number of aryl methyl sites for hydroxylation is 1. The molecule has 2 heteroatoms. The summed E-state index contributed by atoms with van der Waals surface area (Å²) in [4.78, 5) is 4.97. The van der Waals surface area contributed by atoms with Crippen molar-refractivity contribution in [3.8, 4) is 11.3 Å². The van der Waals surface area contributed by atoms with Crippen LogP contribution in [0.4, 0.5) is 0 Å². The Hall–Kier alpha value is -1.93. The van der Waals surface area contributed by atoms with Gasteiger partial charge in [-0.3, -0.25) is 0 Å². The number of nitrogens with zero attached hydrogens (tertiary/aromatic N) is 1. The highest BCUT2D eigenvalue weighted by atomic mass is 32.1. The molecule has 0 saturated heterocycles. The highest BCUT2D eigenvalue weighted by molar-refractivity contribution is 7.10. The van der Waals surface area contributed by atoms with E-state index in [-0.39, 0.29) is 0 Å². The van der Waals surface area contributed by atoms with Crippen LogP contribution in [0.3, 0.4) is 0 Å². The molecule has 1 unspecified atom stereocenters. The van der Waals surface area contributed by atoms with E-state index in [1.54, 1.807) is 0 Å². The summed E-state index contributed by atoms with van der Waals surface area (Å²) < 4.78 is 0. The van der Waals surface area contributed by atoms with E-state index in [0.29, 0.717) is 5.92 Å². The highest BCUT2D eigenvalue weighted by Gasteiger charge is 2.34. The van der Waals surface area contributed by atoms with Gasteiger partial charge >= 0.3 is 0 Å². The van der Waals surface area contributed by atoms with E-state index in [1.807, 2.05) is 11.3 Å². The Morgan fingerprint density at radius 2 is 1.78 bits per heavy atom. The molecule has 0 amide bonds. The Labute approximate surface area is 142 Å². The van der Waals surface area contributed by atoms with Gasteiger partial charge in [-0.05, 0) is 37.7 Å². The minimum absolute atomic E-state index is 0.583. The highest BCUT2D eigenvalue weighted by Crippen LogP contribution is 2.45. The average Bonchev–Trinajstić information content (AvgIpc) is 3.31. The number of benzene rings is 2. The SMILES string of the molecule is Cc1ccc(CC(c2nc(-c3ccccc3)cs2)C2CC2)cc1. The zero-order valence-corrected chi connectivity index (χ0v) is 14.2. The smallest absolute Gasteiger partial charge is 0.0969 e. The molecule has 23 heavy (non-hydrogen) atoms. The van der Waals surface area contributed by atoms with E-state index in [2.05, 4.69) is 66.9 Å². The van der Waals surface area contributed by atoms with E-state index in [4.69, 9.17) is 4.98 Å². The Balaban J connectivity index is 1.58. The molecule has 0 radical (unpaired) electrons. The Morgan fingerprint density at radius 3 is 2.48 bits per heavy atom. The van der Waals surface area contributed by atoms with Crippen molar-refractivity contribution in [1.82, 2.24) is 4.98 Å². The summed E-state index contributed by atoms with van der Waals surface area (Å²) in [5.41, 5.74) is 5.11. The minimum Gasteiger partial charge on any atom is -0.241 e. The fraction of sp³-hybridized carbons (Fsp3) is 0.286. The molecule has 1 aliphatic rings. The second-order valence-electron chi connectivity index (χ2n) is 6.57. The normalized spacial score (nSPS) is 15.5. The Bertz CT molecular complexity index is 769. The summed E-state index contributed by atoms with van der Waals surface area (Å²) in [7, 11) is 0. The topological polar surface area (TPSA) is 12.9 Å². The third-order valence-electron chi connectivity index (χ3n) is 4.68. The third kappa shape index (κ3) is 3.37. The molecule has 1 nitrogen and oxygen atoms in total. The van der Waals surface area contributed by atoms with Gasteiger partial charge in [0.1, 0.15) is 0 Å². The van der Waals surface area contributed by atoms with Gasteiger partial charge in [0.2, 0.25) is 0 Å². The average molecular weight is 319 g/mol. The van der Waals surface area contributed by atoms with E-state index >= 15 is 0 Å². The van der Waals surface area contributed by atoms with Gasteiger partial charge in [-0.2, -0.15) is 0 Å². The molecule has 0 N–H and O–H groups in total. The lowest BCUT2D eigenvalue weighted by Crippen LogP contribution is -2.05. The minimum atomic E-state index is 0.583. The van der Waals surface area contributed by atoms with Gasteiger partial charge in [0.25, 0.3) is 0 Å². The van der Waals surface area contributed by atoms with Crippen molar-refractivity contribution < 1.29 is 0 Å². The van der Waals surface area contributed by atoms with Crippen molar-refractivity contribution in [2.45, 2.75) is 32.1 Å². The molecule has 0 bridgehead atoms. The lowest BCUT2D eigenvalue weighted by atomic mass is 9.95. The quantitative estimate of drug-likeness (QED) is 0.574. The van der Waals surface area contributed by atoms with Gasteiger partial charge in [-0.15, -0.1) is 11.3 Å². The molecule has 0 aliphatic heterocycles. The second-order valence-corrected chi connectivity index (χ2v) is 7.46. The van der Waals surface area contributed by atoms with Crippen LogP contribution in [0, 0.1) is 12.8 Å². The van der Waals surface area contributed by atoms with Crippen LogP contribution in [0.5, 0.6) is 0 Å². The lowest BCUT2D eigenvalue weighted by molar-refractivity contribution is 0.599. The number of hydrogen-bond acceptors (Lipinski definition) is 2. The van der Waals surface area contributed by atoms with Crippen molar-refractivity contribution in [3.05, 3.63) is 76.1 Å². The molecule has 4 rings (SSSR count). The number of thiazole rings is 1. The van der Waals surface area contributed by atoms with Crippen molar-refractivity contribution in [2.24, 2.45) is 5.92 Å². The van der Waals surface area contributed by atoms with E-state index < -0.39 is 0 Å². The molecule has 0 spiro atoms. The van der Waals surface area contributed by atoms with Gasteiger partial charge in [0.05, 0.1) is 10.7 Å². The van der Waals surface area contributed by atoms with Crippen molar-refractivity contribution in [2.75, 3.05) is 0 Å². The van der Waals surface area contributed by atoms with Crippen LogP contribution >= 0.6 is 11.3 Å². The third-order valence-corrected chi connectivity index (χ3v) is 5.65. The largest absolute Gasteiger partial charge is 0.241 e. The summed E-state index contributed by atoms with van der Waals surface area (Å²) >= 11 is 1.83. The Morgan fingerprint density at radius 1 is 1.04 bits per heavy atom. The van der Waals surface area contributed by atoms with Crippen LogP contribution in [0.2, 0.25) is 0 Å². The second kappa shape index (κ2) is 6.29. The standard InChI is InChI=1S/C21H21NS/c1-15-7-9-16(10-8-15)13-19(17-11-12-17)21-22-20(14-23-21)18-5-3-2-4-6-18/h2-10,14,17,19H,11-13H2,1H3. The number of hydrogen-bond donors (Lipinski definition) is 0. The zero-order chi connectivity index (χ0) is 15.6. The zero-order valence-electron chi connectivity index (χ0n) is 13.4. The molecule has 3 aromatic rings. The first-order valence-electron chi connectivity index (χ1n) is 8.36. The molecule has 1 saturated carbocycles. The molecule has 1 aliphatic carbocycles. The summed E-state index contributed by atoms with van der Waals surface area (Å²) in [6, 6.07) is 19.5. The van der Waals surface area contributed by atoms with E-state index in [1.165, 1.54) is 34.5 Å². The van der Waals surface area contributed by atoms with Crippen LogP contribution in [-0.2, 0) is 6.42 Å². The summed E-state index contributed by atoms with van der Waals surface area (Å²) in [5.74, 6) is 1.41. The van der Waals surface area contributed by atoms with Crippen LogP contribution in [-0.4, -0.2) is 4.98 Å². The van der Waals surface area contributed by atoms with Crippen molar-refractivity contribution in [3.63, 3.8) is 0 Å². The van der Waals surface area contributed by atoms with Crippen molar-refractivity contribution >= 4 is 11.3 Å². The van der Waals surface area contributed by atoms with Gasteiger partial charge in [-0.1, -0.05) is 60.2 Å². The molecular formula is C21H21NS. The van der Waals surface area contributed by atoms with Gasteiger partial charge in [-0.25, -0.2) is 4.98 Å². The first kappa shape index (κ1) is 14.6. The summed E-state index contributed by atoms with van der Waals surface area (Å²) in [6.45, 7) is 2.15. The molecular weight excluding hydrogens is 298 g/mol. The van der Waals surface area contributed by atoms with Gasteiger partial charge in [0.15, 0.2) is 0 Å². The van der Waals surface area contributed by atoms with Gasteiger partial charge < -0.3 is 0 Å². The van der Waals surface area contributed by atoms with Crippen LogP contribution in [0.15, 0.2) is 60.0 Å². The lowest BCUT2D eigenvalue weighted by Gasteiger charge is -2.13. The predicted octanol–water partition coefficient (Wildman–Crippen LogP) is 5.85. The summed E-state index contributed by atoms with van der Waals surface area (Å²) in [6.07, 6.45) is 3.83. The summed E-state index contributed by atoms with van der Waals surface area (Å²) in [5, 5.41) is 3.53. The fourth-order valence-electron chi connectivity index (χ4n) is 3.13. The maximum atomic E-state index is 4.97. The van der Waals surface area contributed by atoms with E-state index in [9.17, 15) is 0 Å².